The lowest BCUT2D eigenvalue weighted by Crippen LogP contribution is -2.57. The monoisotopic (exact) mass is 578 g/mol. The van der Waals surface area contributed by atoms with Crippen LogP contribution in [0.25, 0.3) is 10.8 Å². The van der Waals surface area contributed by atoms with Gasteiger partial charge in [-0.2, -0.15) is 13.2 Å². The molecule has 0 spiro atoms. The molecule has 2 fully saturated rings. The number of carboxylic acids is 1. The van der Waals surface area contributed by atoms with Crippen molar-refractivity contribution >= 4 is 28.6 Å². The van der Waals surface area contributed by atoms with Crippen LogP contribution in [-0.2, 0) is 27.0 Å². The van der Waals surface area contributed by atoms with E-state index in [2.05, 4.69) is 12.2 Å². The Labute approximate surface area is 242 Å². The Balaban J connectivity index is 1.55. The maximum absolute atomic E-state index is 13.9. The van der Waals surface area contributed by atoms with Gasteiger partial charge in [-0.25, -0.2) is 0 Å². The number of hydrogen-bond donors (Lipinski definition) is 2. The van der Waals surface area contributed by atoms with Crippen LogP contribution in [0, 0.1) is 11.8 Å². The number of rotatable bonds is 10. The number of carboxylic acid groups (broad SMARTS) is 1. The molecule has 0 aliphatic carbocycles. The van der Waals surface area contributed by atoms with Crippen molar-refractivity contribution in [1.29, 1.82) is 0 Å². The number of unbranched alkanes of at least 4 members (excludes halogenated alkanes) is 2. The van der Waals surface area contributed by atoms with Crippen LogP contribution in [0.3, 0.4) is 0 Å². The molecule has 2 heterocycles. The third-order valence-electron chi connectivity index (χ3n) is 8.41. The summed E-state index contributed by atoms with van der Waals surface area (Å²) in [6.07, 6.45) is 2.46. The van der Waals surface area contributed by atoms with Crippen LogP contribution < -0.4 is 5.32 Å². The smallest absolute Gasteiger partial charge is 0.416 e. The summed E-state index contributed by atoms with van der Waals surface area (Å²) in [5.74, 6) is -4.97. The first-order chi connectivity index (χ1) is 20.1. The van der Waals surface area contributed by atoms with Gasteiger partial charge in [0, 0.05) is 19.0 Å². The van der Waals surface area contributed by atoms with E-state index in [9.17, 15) is 32.7 Å². The number of carbonyl (C=O) groups is 3. The zero-order chi connectivity index (χ0) is 30.1. The fourth-order valence-electron chi connectivity index (χ4n) is 6.34. The Hall–Kier alpha value is -3.98. The fraction of sp³-hybridized carbons (Fsp3) is 0.364. The zero-order valence-electron chi connectivity index (χ0n) is 23.2. The van der Waals surface area contributed by atoms with Crippen LogP contribution in [0.5, 0.6) is 0 Å². The van der Waals surface area contributed by atoms with Crippen LogP contribution in [0.4, 0.5) is 13.2 Å². The molecule has 4 unspecified atom stereocenters. The number of benzene rings is 3. The molecule has 0 bridgehead atoms. The largest absolute Gasteiger partial charge is 0.480 e. The first-order valence-corrected chi connectivity index (χ1v) is 14.2. The highest BCUT2D eigenvalue weighted by Crippen LogP contribution is 2.50. The lowest BCUT2D eigenvalue weighted by molar-refractivity contribution is -0.151. The van der Waals surface area contributed by atoms with E-state index in [1.165, 1.54) is 12.1 Å². The molecule has 6 nitrogen and oxygen atoms in total. The van der Waals surface area contributed by atoms with Crippen molar-refractivity contribution in [2.75, 3.05) is 6.54 Å². The van der Waals surface area contributed by atoms with Gasteiger partial charge in [0.25, 0.3) is 0 Å². The number of allylic oxidation sites excluding steroid dienone is 1. The normalized spacial score (nSPS) is 24.2. The van der Waals surface area contributed by atoms with Gasteiger partial charge in [-0.15, -0.1) is 0 Å². The molecule has 0 aromatic heterocycles. The van der Waals surface area contributed by atoms with Crippen LogP contribution in [0.2, 0.25) is 0 Å². The molecule has 2 aliphatic heterocycles. The SMILES string of the molecule is CCCCC=CCCN1C(=O)C2C(c3cccc(C(F)(F)F)c3)NC(Cc3ccc4ccccc4c3)(C(=O)O)C2C1=O. The number of nitrogens with zero attached hydrogens (tertiary/aromatic N) is 1. The first-order valence-electron chi connectivity index (χ1n) is 14.2. The summed E-state index contributed by atoms with van der Waals surface area (Å²) in [4.78, 5) is 41.9. The van der Waals surface area contributed by atoms with E-state index >= 15 is 0 Å². The van der Waals surface area contributed by atoms with Gasteiger partial charge in [-0.1, -0.05) is 86.5 Å². The molecule has 42 heavy (non-hydrogen) atoms. The molecule has 0 saturated carbocycles. The van der Waals surface area contributed by atoms with E-state index in [4.69, 9.17) is 0 Å². The number of alkyl halides is 3. The summed E-state index contributed by atoms with van der Waals surface area (Å²) in [5.41, 5.74) is -2.08. The fourth-order valence-corrected chi connectivity index (χ4v) is 6.34. The van der Waals surface area contributed by atoms with E-state index in [0.29, 0.717) is 12.0 Å². The van der Waals surface area contributed by atoms with Crippen molar-refractivity contribution in [3.8, 4) is 0 Å². The minimum atomic E-state index is -4.63. The number of hydrogen-bond acceptors (Lipinski definition) is 4. The summed E-state index contributed by atoms with van der Waals surface area (Å²) in [5, 5.41) is 15.5. The molecule has 3 aromatic rings. The van der Waals surface area contributed by atoms with Gasteiger partial charge in [0.2, 0.25) is 11.8 Å². The highest BCUT2D eigenvalue weighted by Gasteiger charge is 2.68. The predicted octanol–water partition coefficient (Wildman–Crippen LogP) is 6.31. The summed E-state index contributed by atoms with van der Waals surface area (Å²) < 4.78 is 40.9. The van der Waals surface area contributed by atoms with E-state index in [1.807, 2.05) is 48.6 Å². The number of aliphatic carboxylic acids is 1. The van der Waals surface area contributed by atoms with E-state index < -0.39 is 52.9 Å². The number of fused-ring (bicyclic) bond motifs is 2. The number of nitrogens with one attached hydrogen (secondary N) is 1. The average Bonchev–Trinajstić information content (AvgIpc) is 3.44. The quantitative estimate of drug-likeness (QED) is 0.167. The van der Waals surface area contributed by atoms with Gasteiger partial charge in [-0.05, 0) is 46.9 Å². The maximum Gasteiger partial charge on any atom is 0.416 e. The molecular weight excluding hydrogens is 545 g/mol. The summed E-state index contributed by atoms with van der Waals surface area (Å²) in [6, 6.07) is 16.5. The lowest BCUT2D eigenvalue weighted by Gasteiger charge is -2.31. The maximum atomic E-state index is 13.9. The van der Waals surface area contributed by atoms with Gasteiger partial charge < -0.3 is 5.11 Å². The van der Waals surface area contributed by atoms with Crippen molar-refractivity contribution in [2.24, 2.45) is 11.8 Å². The van der Waals surface area contributed by atoms with Crippen LogP contribution >= 0.6 is 0 Å². The van der Waals surface area contributed by atoms with Crippen molar-refractivity contribution < 1.29 is 32.7 Å². The van der Waals surface area contributed by atoms with Crippen LogP contribution in [-0.4, -0.2) is 39.9 Å². The third kappa shape index (κ3) is 5.45. The standard InChI is InChI=1S/C33H33F3N2O4/c1-2-3-4-5-6-9-17-38-29(39)26-27(30(38)40)32(31(41)42,20-21-15-16-22-11-7-8-12-23(22)18-21)37-28(26)24-13-10-14-25(19-24)33(34,35)36/h5-8,10-16,18-19,26-28,37H,2-4,9,17,20H2,1H3,(H,41,42). The number of carbonyl (C=O) groups excluding carboxylic acids is 2. The van der Waals surface area contributed by atoms with Crippen molar-refractivity contribution in [3.63, 3.8) is 0 Å². The zero-order valence-corrected chi connectivity index (χ0v) is 23.2. The van der Waals surface area contributed by atoms with Crippen molar-refractivity contribution in [3.05, 3.63) is 95.6 Å². The molecule has 4 atom stereocenters. The van der Waals surface area contributed by atoms with Gasteiger partial charge in [0.1, 0.15) is 5.54 Å². The second-order valence-corrected chi connectivity index (χ2v) is 11.1. The summed E-state index contributed by atoms with van der Waals surface area (Å²) in [6.45, 7) is 2.16. The van der Waals surface area contributed by atoms with Gasteiger partial charge >= 0.3 is 12.1 Å². The van der Waals surface area contributed by atoms with Gasteiger partial charge in [0.15, 0.2) is 0 Å². The summed E-state index contributed by atoms with van der Waals surface area (Å²) in [7, 11) is 0. The molecule has 2 aliphatic rings. The number of likely N-dealkylation sites (tertiary alicyclic amines) is 1. The Bertz CT molecular complexity index is 1530. The third-order valence-corrected chi connectivity index (χ3v) is 8.41. The molecular formula is C33H33F3N2O4. The van der Waals surface area contributed by atoms with Crippen LogP contribution in [0.1, 0.15) is 55.3 Å². The van der Waals surface area contributed by atoms with E-state index in [-0.39, 0.29) is 18.5 Å². The Morgan fingerprint density at radius 2 is 1.71 bits per heavy atom. The molecule has 0 radical (unpaired) electrons. The lowest BCUT2D eigenvalue weighted by atomic mass is 9.76. The molecule has 5 rings (SSSR count). The summed E-state index contributed by atoms with van der Waals surface area (Å²) >= 11 is 0. The van der Waals surface area contributed by atoms with E-state index in [0.717, 1.165) is 47.1 Å². The molecule has 3 aromatic carbocycles. The molecule has 9 heteroatoms. The highest BCUT2D eigenvalue weighted by atomic mass is 19.4. The Morgan fingerprint density at radius 1 is 0.976 bits per heavy atom. The van der Waals surface area contributed by atoms with E-state index in [1.54, 1.807) is 6.07 Å². The van der Waals surface area contributed by atoms with Crippen molar-refractivity contribution in [2.45, 2.75) is 56.8 Å². The minimum absolute atomic E-state index is 0.0777. The number of halogens is 3. The topological polar surface area (TPSA) is 86.7 Å². The van der Waals surface area contributed by atoms with Gasteiger partial charge in [0.05, 0.1) is 17.4 Å². The minimum Gasteiger partial charge on any atom is -0.480 e. The average molecular weight is 579 g/mol. The molecule has 220 valence electrons. The Morgan fingerprint density at radius 3 is 2.43 bits per heavy atom. The molecule has 2 amide bonds. The first kappa shape index (κ1) is 29.5. The molecule has 2 N–H and O–H groups in total. The predicted molar refractivity (Wildman–Crippen MR) is 152 cm³/mol. The van der Waals surface area contributed by atoms with Crippen LogP contribution in [0.15, 0.2) is 78.9 Å². The molecule has 2 saturated heterocycles. The number of imide groups is 1. The van der Waals surface area contributed by atoms with Crippen molar-refractivity contribution in [1.82, 2.24) is 10.2 Å². The Kier molecular flexibility index (Phi) is 8.23. The second-order valence-electron chi connectivity index (χ2n) is 11.1. The second kappa shape index (κ2) is 11.7. The van der Waals surface area contributed by atoms with Gasteiger partial charge in [-0.3, -0.25) is 24.6 Å². The highest BCUT2D eigenvalue weighted by molar-refractivity contribution is 6.09. The number of amides is 2.